The minimum absolute atomic E-state index is 0.0932. The van der Waals surface area contributed by atoms with Crippen LogP contribution < -0.4 is 10.6 Å². The molecular weight excluding hydrogens is 338 g/mol. The van der Waals surface area contributed by atoms with E-state index in [0.29, 0.717) is 35.4 Å². The molecule has 1 aromatic carbocycles. The van der Waals surface area contributed by atoms with Gasteiger partial charge in [-0.1, -0.05) is 38.2 Å². The molecule has 5 heteroatoms. The van der Waals surface area contributed by atoms with Gasteiger partial charge in [0.1, 0.15) is 6.07 Å². The predicted octanol–water partition coefficient (Wildman–Crippen LogP) is 4.63. The van der Waals surface area contributed by atoms with E-state index in [1.54, 1.807) is 12.1 Å². The standard InChI is InChI=1S/C22H25N3O2/c1-4-7-9-15(6-3)19(8-5-2)22(27)24-18-12-16-10-11-20(26)25-21(16)17(13-18)14-23/h5,7-9,12-13H,4,6,10-11H2,1-3H3,(H,24,27)(H,25,26)/b8-5-,9-7+,19-15+. The number of rotatable bonds is 6. The monoisotopic (exact) mass is 363 g/mol. The molecule has 0 saturated heterocycles. The highest BCUT2D eigenvalue weighted by Gasteiger charge is 2.20. The molecule has 2 rings (SSSR count). The molecule has 1 aliphatic rings. The van der Waals surface area contributed by atoms with Gasteiger partial charge >= 0.3 is 0 Å². The van der Waals surface area contributed by atoms with E-state index in [4.69, 9.17) is 0 Å². The maximum Gasteiger partial charge on any atom is 0.255 e. The molecule has 0 radical (unpaired) electrons. The number of benzene rings is 1. The summed E-state index contributed by atoms with van der Waals surface area (Å²) in [4.78, 5) is 24.5. The van der Waals surface area contributed by atoms with Gasteiger partial charge in [0, 0.05) is 17.7 Å². The number of anilines is 2. The highest BCUT2D eigenvalue weighted by molar-refractivity contribution is 6.07. The largest absolute Gasteiger partial charge is 0.325 e. The first kappa shape index (κ1) is 20.2. The summed E-state index contributed by atoms with van der Waals surface area (Å²) in [5, 5.41) is 15.1. The van der Waals surface area contributed by atoms with E-state index in [-0.39, 0.29) is 11.8 Å². The molecule has 0 aromatic heterocycles. The van der Waals surface area contributed by atoms with Gasteiger partial charge in [-0.25, -0.2) is 0 Å². The summed E-state index contributed by atoms with van der Waals surface area (Å²) in [6.07, 6.45) is 10.2. The van der Waals surface area contributed by atoms with Crippen molar-refractivity contribution in [1.82, 2.24) is 0 Å². The lowest BCUT2D eigenvalue weighted by atomic mass is 9.98. The second kappa shape index (κ2) is 9.54. The Morgan fingerprint density at radius 3 is 2.70 bits per heavy atom. The van der Waals surface area contributed by atoms with Crippen LogP contribution in [0.4, 0.5) is 11.4 Å². The maximum absolute atomic E-state index is 12.9. The molecule has 1 aliphatic heterocycles. The van der Waals surface area contributed by atoms with Crippen molar-refractivity contribution >= 4 is 23.2 Å². The van der Waals surface area contributed by atoms with Crippen molar-refractivity contribution in [2.24, 2.45) is 0 Å². The van der Waals surface area contributed by atoms with Gasteiger partial charge in [-0.15, -0.1) is 0 Å². The number of fused-ring (bicyclic) bond motifs is 1. The zero-order chi connectivity index (χ0) is 19.8. The Bertz CT molecular complexity index is 870. The quantitative estimate of drug-likeness (QED) is 0.571. The van der Waals surface area contributed by atoms with Gasteiger partial charge in [-0.05, 0) is 49.5 Å². The van der Waals surface area contributed by atoms with Crippen LogP contribution in [-0.2, 0) is 16.0 Å². The van der Waals surface area contributed by atoms with Gasteiger partial charge in [0.25, 0.3) is 5.91 Å². The molecule has 0 aliphatic carbocycles. The molecule has 0 fully saturated rings. The van der Waals surface area contributed by atoms with Crippen LogP contribution in [0.3, 0.4) is 0 Å². The number of hydrogen-bond acceptors (Lipinski definition) is 3. The maximum atomic E-state index is 12.9. The number of allylic oxidation sites excluding steroid dienone is 4. The second-order valence-corrected chi connectivity index (χ2v) is 6.28. The Balaban J connectivity index is 2.38. The van der Waals surface area contributed by atoms with Crippen LogP contribution in [0.1, 0.15) is 51.2 Å². The van der Waals surface area contributed by atoms with Crippen LogP contribution in [0, 0.1) is 11.3 Å². The minimum atomic E-state index is -0.214. The summed E-state index contributed by atoms with van der Waals surface area (Å²) in [6, 6.07) is 5.53. The van der Waals surface area contributed by atoms with Crippen LogP contribution in [0.5, 0.6) is 0 Å². The Morgan fingerprint density at radius 2 is 2.07 bits per heavy atom. The van der Waals surface area contributed by atoms with E-state index in [0.717, 1.165) is 24.0 Å². The van der Waals surface area contributed by atoms with E-state index >= 15 is 0 Å². The zero-order valence-corrected chi connectivity index (χ0v) is 16.1. The fourth-order valence-electron chi connectivity index (χ4n) is 3.01. The smallest absolute Gasteiger partial charge is 0.255 e. The van der Waals surface area contributed by atoms with Crippen LogP contribution in [0.15, 0.2) is 47.6 Å². The Kier molecular flexibility index (Phi) is 7.13. The van der Waals surface area contributed by atoms with Gasteiger partial charge in [-0.2, -0.15) is 5.26 Å². The molecule has 2 N–H and O–H groups in total. The number of hydrogen-bond donors (Lipinski definition) is 2. The second-order valence-electron chi connectivity index (χ2n) is 6.28. The zero-order valence-electron chi connectivity index (χ0n) is 16.1. The normalized spacial score (nSPS) is 14.5. The fourth-order valence-corrected chi connectivity index (χ4v) is 3.01. The molecule has 0 spiro atoms. The Labute approximate surface area is 160 Å². The van der Waals surface area contributed by atoms with Crippen molar-refractivity contribution in [3.63, 3.8) is 0 Å². The SMILES string of the molecule is C\C=C/C(C(=O)Nc1cc(C#N)c2c(c1)CCC(=O)N2)=C(\C=C\CC)CC. The number of aryl methyl sites for hydroxylation is 1. The fraction of sp³-hybridized carbons (Fsp3) is 0.318. The van der Waals surface area contributed by atoms with Crippen LogP contribution in [0.25, 0.3) is 0 Å². The number of nitrogens with one attached hydrogen (secondary N) is 2. The van der Waals surface area contributed by atoms with Gasteiger partial charge in [0.15, 0.2) is 0 Å². The summed E-state index contributed by atoms with van der Waals surface area (Å²) in [7, 11) is 0. The van der Waals surface area contributed by atoms with Gasteiger partial charge in [0.2, 0.25) is 5.91 Å². The molecule has 0 unspecified atom stereocenters. The molecule has 140 valence electrons. The number of carbonyl (C=O) groups is 2. The van der Waals surface area contributed by atoms with Crippen LogP contribution in [-0.4, -0.2) is 11.8 Å². The third-order valence-corrected chi connectivity index (χ3v) is 4.34. The third kappa shape index (κ3) is 4.95. The molecule has 1 heterocycles. The van der Waals surface area contributed by atoms with E-state index in [9.17, 15) is 14.9 Å². The summed E-state index contributed by atoms with van der Waals surface area (Å²) in [6.45, 7) is 5.94. The number of nitrogens with zero attached hydrogens (tertiary/aromatic N) is 1. The van der Waals surface area contributed by atoms with E-state index < -0.39 is 0 Å². The first-order valence-electron chi connectivity index (χ1n) is 9.24. The number of nitriles is 1. The van der Waals surface area contributed by atoms with E-state index in [2.05, 4.69) is 23.6 Å². The number of amides is 2. The van der Waals surface area contributed by atoms with Crippen molar-refractivity contribution in [3.05, 3.63) is 58.7 Å². The first-order valence-corrected chi connectivity index (χ1v) is 9.24. The highest BCUT2D eigenvalue weighted by Crippen LogP contribution is 2.30. The molecular formula is C22H25N3O2. The lowest BCUT2D eigenvalue weighted by molar-refractivity contribution is -0.116. The molecule has 0 saturated carbocycles. The van der Waals surface area contributed by atoms with Crippen molar-refractivity contribution < 1.29 is 9.59 Å². The summed E-state index contributed by atoms with van der Waals surface area (Å²) in [5.41, 5.74) is 3.89. The average molecular weight is 363 g/mol. The van der Waals surface area contributed by atoms with E-state index in [1.165, 1.54) is 0 Å². The predicted molar refractivity (Wildman–Crippen MR) is 108 cm³/mol. The van der Waals surface area contributed by atoms with Gasteiger partial charge < -0.3 is 10.6 Å². The summed E-state index contributed by atoms with van der Waals surface area (Å²) < 4.78 is 0. The van der Waals surface area contributed by atoms with Crippen molar-refractivity contribution in [1.29, 1.82) is 5.26 Å². The van der Waals surface area contributed by atoms with Crippen molar-refractivity contribution in [3.8, 4) is 6.07 Å². The number of carbonyl (C=O) groups excluding carboxylic acids is 2. The molecule has 27 heavy (non-hydrogen) atoms. The molecule has 1 aromatic rings. The topological polar surface area (TPSA) is 82.0 Å². The average Bonchev–Trinajstić information content (AvgIpc) is 2.67. The van der Waals surface area contributed by atoms with Crippen molar-refractivity contribution in [2.45, 2.75) is 46.5 Å². The summed E-state index contributed by atoms with van der Waals surface area (Å²) in [5.74, 6) is -0.307. The van der Waals surface area contributed by atoms with Gasteiger partial charge in [-0.3, -0.25) is 9.59 Å². The first-order chi connectivity index (χ1) is 13.0. The van der Waals surface area contributed by atoms with Crippen molar-refractivity contribution in [2.75, 3.05) is 10.6 Å². The molecule has 0 bridgehead atoms. The molecule has 0 atom stereocenters. The van der Waals surface area contributed by atoms with E-state index in [1.807, 2.05) is 38.1 Å². The highest BCUT2D eigenvalue weighted by atomic mass is 16.2. The minimum Gasteiger partial charge on any atom is -0.325 e. The third-order valence-electron chi connectivity index (χ3n) is 4.34. The lowest BCUT2D eigenvalue weighted by Crippen LogP contribution is -2.21. The Morgan fingerprint density at radius 1 is 1.30 bits per heavy atom. The summed E-state index contributed by atoms with van der Waals surface area (Å²) >= 11 is 0. The van der Waals surface area contributed by atoms with Crippen LogP contribution >= 0.6 is 0 Å². The van der Waals surface area contributed by atoms with Crippen LogP contribution in [0.2, 0.25) is 0 Å². The molecule has 2 amide bonds. The lowest BCUT2D eigenvalue weighted by Gasteiger charge is -2.19. The Hall–Kier alpha value is -3.13. The van der Waals surface area contributed by atoms with Gasteiger partial charge in [0.05, 0.1) is 11.3 Å². The molecule has 5 nitrogen and oxygen atoms in total.